The molecule has 0 radical (unpaired) electrons. The predicted molar refractivity (Wildman–Crippen MR) is 117 cm³/mol. The van der Waals surface area contributed by atoms with Gasteiger partial charge in [0.2, 0.25) is 18.8 Å². The van der Waals surface area contributed by atoms with Crippen LogP contribution in [0.5, 0.6) is 28.7 Å². The molecular weight excluding hydrogens is 468 g/mol. The van der Waals surface area contributed by atoms with Gasteiger partial charge in [0, 0.05) is 17.7 Å². The first kappa shape index (κ1) is 23.2. The first-order valence-corrected chi connectivity index (χ1v) is 10.6. The van der Waals surface area contributed by atoms with Crippen LogP contribution in [0.3, 0.4) is 0 Å². The number of ether oxygens (including phenoxy) is 5. The van der Waals surface area contributed by atoms with E-state index in [9.17, 15) is 30.3 Å². The molecule has 0 unspecified atom stereocenters. The highest BCUT2D eigenvalue weighted by atomic mass is 16.7. The van der Waals surface area contributed by atoms with Crippen LogP contribution in [0.2, 0.25) is 0 Å². The predicted octanol–water partition coefficient (Wildman–Crippen LogP) is 0.0816. The number of fused-ring (bicyclic) bond motifs is 2. The highest BCUT2D eigenvalue weighted by Crippen LogP contribution is 2.44. The fourth-order valence-corrected chi connectivity index (χ4v) is 3.97. The first-order valence-electron chi connectivity index (χ1n) is 10.6. The van der Waals surface area contributed by atoms with Gasteiger partial charge in [0.25, 0.3) is 0 Å². The first-order chi connectivity index (χ1) is 16.8. The third-order valence-corrected chi connectivity index (χ3v) is 5.84. The Bertz CT molecular complexity index is 1320. The van der Waals surface area contributed by atoms with Crippen LogP contribution in [0.1, 0.15) is 0 Å². The zero-order valence-corrected chi connectivity index (χ0v) is 18.3. The second-order valence-corrected chi connectivity index (χ2v) is 8.02. The Hall–Kier alpha value is -3.55. The van der Waals surface area contributed by atoms with Crippen molar-refractivity contribution >= 4 is 11.0 Å². The second kappa shape index (κ2) is 8.91. The molecule has 0 aliphatic carbocycles. The number of methoxy groups -OCH3 is 1. The van der Waals surface area contributed by atoms with E-state index in [0.717, 1.165) is 6.07 Å². The van der Waals surface area contributed by atoms with Gasteiger partial charge >= 0.3 is 0 Å². The summed E-state index contributed by atoms with van der Waals surface area (Å²) >= 11 is 0. The molecule has 5 atom stereocenters. The molecule has 2 aliphatic rings. The smallest absolute Gasteiger partial charge is 0.231 e. The lowest BCUT2D eigenvalue weighted by Crippen LogP contribution is -2.60. The van der Waals surface area contributed by atoms with E-state index in [1.807, 2.05) is 0 Å². The van der Waals surface area contributed by atoms with Crippen molar-refractivity contribution in [2.24, 2.45) is 0 Å². The molecule has 0 amide bonds. The molecule has 2 aliphatic heterocycles. The van der Waals surface area contributed by atoms with E-state index in [1.54, 1.807) is 12.1 Å². The third kappa shape index (κ3) is 4.00. The molecule has 35 heavy (non-hydrogen) atoms. The van der Waals surface area contributed by atoms with E-state index in [0.29, 0.717) is 22.8 Å². The van der Waals surface area contributed by atoms with Gasteiger partial charge in [-0.3, -0.25) is 4.79 Å². The number of rotatable bonds is 5. The molecule has 0 spiro atoms. The summed E-state index contributed by atoms with van der Waals surface area (Å²) in [5.41, 5.74) is 0.0607. The van der Waals surface area contributed by atoms with Gasteiger partial charge in [-0.25, -0.2) is 0 Å². The van der Waals surface area contributed by atoms with Gasteiger partial charge in [-0.2, -0.15) is 0 Å². The van der Waals surface area contributed by atoms with Gasteiger partial charge < -0.3 is 53.6 Å². The summed E-state index contributed by atoms with van der Waals surface area (Å²) in [6, 6.07) is 6.85. The minimum Gasteiger partial charge on any atom is -0.504 e. The molecule has 2 aromatic carbocycles. The van der Waals surface area contributed by atoms with E-state index in [-0.39, 0.29) is 29.3 Å². The fraction of sp³-hybridized carbons (Fsp3) is 0.348. The van der Waals surface area contributed by atoms with Crippen molar-refractivity contribution in [3.05, 3.63) is 40.6 Å². The van der Waals surface area contributed by atoms with Gasteiger partial charge in [0.05, 0.1) is 19.1 Å². The molecule has 0 bridgehead atoms. The number of aliphatic hydroxyl groups excluding tert-OH is 4. The number of phenols is 1. The van der Waals surface area contributed by atoms with Crippen molar-refractivity contribution in [3.8, 4) is 40.1 Å². The monoisotopic (exact) mass is 490 g/mol. The van der Waals surface area contributed by atoms with E-state index in [4.69, 9.17) is 28.1 Å². The van der Waals surface area contributed by atoms with Crippen LogP contribution in [-0.4, -0.2) is 76.7 Å². The lowest BCUT2D eigenvalue weighted by atomic mass is 9.99. The molecule has 0 saturated carbocycles. The van der Waals surface area contributed by atoms with Crippen molar-refractivity contribution in [1.82, 2.24) is 0 Å². The number of aliphatic hydroxyl groups is 4. The van der Waals surface area contributed by atoms with Gasteiger partial charge in [0.15, 0.2) is 28.4 Å². The summed E-state index contributed by atoms with van der Waals surface area (Å²) in [7, 11) is 1.46. The van der Waals surface area contributed by atoms with E-state index in [2.05, 4.69) is 0 Å². The van der Waals surface area contributed by atoms with E-state index in [1.165, 1.54) is 19.2 Å². The Kier molecular flexibility index (Phi) is 5.91. The van der Waals surface area contributed by atoms with Crippen LogP contribution in [0.15, 0.2) is 39.5 Å². The number of hydrogen-bond donors (Lipinski definition) is 5. The van der Waals surface area contributed by atoms with Crippen LogP contribution in [0.25, 0.3) is 22.3 Å². The third-order valence-electron chi connectivity index (χ3n) is 5.84. The number of phenolic OH excluding ortho intramolecular Hbond substituents is 1. The molecule has 3 heterocycles. The maximum atomic E-state index is 12.9. The van der Waals surface area contributed by atoms with Crippen molar-refractivity contribution in [2.75, 3.05) is 20.5 Å². The lowest BCUT2D eigenvalue weighted by Gasteiger charge is -2.39. The molecule has 1 fully saturated rings. The summed E-state index contributed by atoms with van der Waals surface area (Å²) in [4.78, 5) is 12.9. The fourth-order valence-electron chi connectivity index (χ4n) is 3.97. The number of aromatic hydroxyl groups is 1. The van der Waals surface area contributed by atoms with Gasteiger partial charge in [-0.1, -0.05) is 0 Å². The average Bonchev–Trinajstić information content (AvgIpc) is 3.33. The molecule has 5 rings (SSSR count). The van der Waals surface area contributed by atoms with Crippen LogP contribution in [0, 0.1) is 0 Å². The zero-order chi connectivity index (χ0) is 24.9. The Labute approximate surface area is 197 Å². The second-order valence-electron chi connectivity index (χ2n) is 8.02. The van der Waals surface area contributed by atoms with Crippen LogP contribution in [0.4, 0.5) is 0 Å². The minimum atomic E-state index is -1.69. The van der Waals surface area contributed by atoms with Crippen molar-refractivity contribution in [1.29, 1.82) is 0 Å². The summed E-state index contributed by atoms with van der Waals surface area (Å²) in [5.74, 6) is 0.745. The highest BCUT2D eigenvalue weighted by molar-refractivity contribution is 5.83. The highest BCUT2D eigenvalue weighted by Gasteiger charge is 2.45. The van der Waals surface area contributed by atoms with Crippen LogP contribution in [-0.2, 0) is 4.74 Å². The van der Waals surface area contributed by atoms with Gasteiger partial charge in [-0.05, 0) is 18.2 Å². The van der Waals surface area contributed by atoms with Gasteiger partial charge in [0.1, 0.15) is 35.8 Å². The number of benzene rings is 2. The molecule has 1 aromatic heterocycles. The summed E-state index contributed by atoms with van der Waals surface area (Å²) in [6.45, 7) is -0.618. The molecule has 3 aromatic rings. The van der Waals surface area contributed by atoms with Crippen LogP contribution >= 0.6 is 0 Å². The molecule has 12 heteroatoms. The van der Waals surface area contributed by atoms with E-state index < -0.39 is 48.5 Å². The number of hydrogen-bond acceptors (Lipinski definition) is 12. The Morgan fingerprint density at radius 2 is 1.80 bits per heavy atom. The molecule has 1 saturated heterocycles. The topological polar surface area (TPSA) is 178 Å². The summed E-state index contributed by atoms with van der Waals surface area (Å²) in [5, 5.41) is 49.9. The standard InChI is InChI=1S/C23H22O12/c1-30-16-2-9(3-17-22(16)32-8-31-17)13-5-11(25)10-4-15(12(26)6-14(10)33-13)34-23-21(29)20(28)19(27)18(7-24)35-23/h2-6,18-21,23-24,26-29H,7-8H2,1H3/t18-,19-,20+,21-,23-/m1/s1. The van der Waals surface area contributed by atoms with Crippen molar-refractivity contribution < 1.29 is 53.6 Å². The Morgan fingerprint density at radius 1 is 1.00 bits per heavy atom. The van der Waals surface area contributed by atoms with E-state index >= 15 is 0 Å². The molecule has 186 valence electrons. The van der Waals surface area contributed by atoms with Crippen molar-refractivity contribution in [3.63, 3.8) is 0 Å². The van der Waals surface area contributed by atoms with Crippen LogP contribution < -0.4 is 24.4 Å². The largest absolute Gasteiger partial charge is 0.504 e. The summed E-state index contributed by atoms with van der Waals surface area (Å²) < 4.78 is 32.7. The minimum absolute atomic E-state index is 0.0297. The molecule has 12 nitrogen and oxygen atoms in total. The Balaban J connectivity index is 1.49. The van der Waals surface area contributed by atoms with Crippen molar-refractivity contribution in [2.45, 2.75) is 30.7 Å². The quantitative estimate of drug-likeness (QED) is 0.326. The molecule has 5 N–H and O–H groups in total. The molecular formula is C23H22O12. The maximum absolute atomic E-state index is 12.9. The zero-order valence-electron chi connectivity index (χ0n) is 18.3. The summed E-state index contributed by atoms with van der Waals surface area (Å²) in [6.07, 6.45) is -7.67. The maximum Gasteiger partial charge on any atom is 0.231 e. The average molecular weight is 490 g/mol. The lowest BCUT2D eigenvalue weighted by molar-refractivity contribution is -0.277. The normalized spacial score (nSPS) is 25.6. The van der Waals surface area contributed by atoms with Gasteiger partial charge in [-0.15, -0.1) is 0 Å². The Morgan fingerprint density at radius 3 is 2.54 bits per heavy atom. The SMILES string of the molecule is COc1cc(-c2cc(=O)c3cc(O[C@@H]4O[C@H](CO)[C@@H](O)[C@H](O)[C@H]4O)c(O)cc3o2)cc2c1OCO2.